The summed E-state index contributed by atoms with van der Waals surface area (Å²) in [6.45, 7) is 2.08. The first-order chi connectivity index (χ1) is 7.77. The van der Waals surface area contributed by atoms with Crippen LogP contribution in [0.2, 0.25) is 0 Å². The second-order valence-electron chi connectivity index (χ2n) is 4.10. The topological polar surface area (TPSA) is 20.2 Å². The summed E-state index contributed by atoms with van der Waals surface area (Å²) in [5.41, 5.74) is 2.42. The molecule has 0 aliphatic carbocycles. The van der Waals surface area contributed by atoms with Gasteiger partial charge in [0.05, 0.1) is 6.10 Å². The summed E-state index contributed by atoms with van der Waals surface area (Å²) in [6, 6.07) is 12.3. The van der Waals surface area contributed by atoms with Gasteiger partial charge < -0.3 is 5.11 Å². The average molecular weight is 232 g/mol. The number of aliphatic hydroxyl groups excluding tert-OH is 1. The Morgan fingerprint density at radius 1 is 1.19 bits per heavy atom. The molecule has 0 spiro atoms. The van der Waals surface area contributed by atoms with Gasteiger partial charge in [0.15, 0.2) is 0 Å². The van der Waals surface area contributed by atoms with Gasteiger partial charge in [-0.15, -0.1) is 0 Å². The van der Waals surface area contributed by atoms with Crippen LogP contribution < -0.4 is 0 Å². The van der Waals surface area contributed by atoms with E-state index in [0.717, 1.165) is 6.42 Å². The Hall–Kier alpha value is -1.12. The summed E-state index contributed by atoms with van der Waals surface area (Å²) in [7, 11) is 0. The molecule has 0 radical (unpaired) electrons. The molecule has 0 bridgehead atoms. The summed E-state index contributed by atoms with van der Waals surface area (Å²) in [6.07, 6.45) is 0.427. The maximum Gasteiger partial charge on any atom is 0.0646 e. The van der Waals surface area contributed by atoms with Gasteiger partial charge in [-0.3, -0.25) is 0 Å². The summed E-state index contributed by atoms with van der Waals surface area (Å²) in [5, 5.41) is 14.3. The highest BCUT2D eigenvalue weighted by molar-refractivity contribution is 7.07. The molecule has 2 unspecified atom stereocenters. The Kier molecular flexibility index (Phi) is 3.75. The van der Waals surface area contributed by atoms with Crippen LogP contribution in [0.5, 0.6) is 0 Å². The van der Waals surface area contributed by atoms with Gasteiger partial charge in [-0.2, -0.15) is 11.3 Å². The number of thiophene rings is 1. The Bertz CT molecular complexity index is 408. The van der Waals surface area contributed by atoms with E-state index in [9.17, 15) is 5.11 Å². The van der Waals surface area contributed by atoms with Gasteiger partial charge >= 0.3 is 0 Å². The second kappa shape index (κ2) is 5.28. The van der Waals surface area contributed by atoms with Crippen LogP contribution in [0.15, 0.2) is 47.2 Å². The van der Waals surface area contributed by atoms with E-state index in [1.165, 1.54) is 11.1 Å². The van der Waals surface area contributed by atoms with Crippen molar-refractivity contribution in [3.8, 4) is 0 Å². The van der Waals surface area contributed by atoms with Crippen LogP contribution in [-0.4, -0.2) is 11.2 Å². The third kappa shape index (κ3) is 2.71. The zero-order valence-corrected chi connectivity index (χ0v) is 10.2. The van der Waals surface area contributed by atoms with E-state index >= 15 is 0 Å². The molecule has 0 aliphatic rings. The van der Waals surface area contributed by atoms with E-state index in [4.69, 9.17) is 0 Å². The molecule has 1 N–H and O–H groups in total. The van der Waals surface area contributed by atoms with Gasteiger partial charge in [0, 0.05) is 5.92 Å². The molecule has 2 atom stereocenters. The summed E-state index contributed by atoms with van der Waals surface area (Å²) in [5.74, 6) is 0.182. The first-order valence-electron chi connectivity index (χ1n) is 5.51. The predicted octanol–water partition coefficient (Wildman–Crippen LogP) is 3.46. The van der Waals surface area contributed by atoms with Gasteiger partial charge in [-0.05, 0) is 34.4 Å². The van der Waals surface area contributed by atoms with Crippen molar-refractivity contribution in [2.75, 3.05) is 0 Å². The van der Waals surface area contributed by atoms with Crippen molar-refractivity contribution in [1.82, 2.24) is 0 Å². The summed E-state index contributed by atoms with van der Waals surface area (Å²) < 4.78 is 0. The average Bonchev–Trinajstić information content (AvgIpc) is 2.82. The molecule has 0 amide bonds. The zero-order valence-electron chi connectivity index (χ0n) is 9.34. The Morgan fingerprint density at radius 2 is 1.94 bits per heavy atom. The van der Waals surface area contributed by atoms with Crippen molar-refractivity contribution in [3.63, 3.8) is 0 Å². The highest BCUT2D eigenvalue weighted by atomic mass is 32.1. The first-order valence-corrected chi connectivity index (χ1v) is 6.45. The minimum Gasteiger partial charge on any atom is -0.392 e. The lowest BCUT2D eigenvalue weighted by Crippen LogP contribution is -2.18. The van der Waals surface area contributed by atoms with E-state index in [0.29, 0.717) is 0 Å². The van der Waals surface area contributed by atoms with Crippen molar-refractivity contribution < 1.29 is 5.11 Å². The van der Waals surface area contributed by atoms with Crippen LogP contribution in [0.3, 0.4) is 0 Å². The van der Waals surface area contributed by atoms with Crippen LogP contribution >= 0.6 is 11.3 Å². The van der Waals surface area contributed by atoms with E-state index in [1.807, 2.05) is 18.2 Å². The molecule has 0 fully saturated rings. The molecule has 0 aliphatic heterocycles. The molecule has 1 heterocycles. The van der Waals surface area contributed by atoms with E-state index in [1.54, 1.807) is 11.3 Å². The molecule has 2 aromatic rings. The molecule has 1 nitrogen and oxygen atoms in total. The zero-order chi connectivity index (χ0) is 11.4. The smallest absolute Gasteiger partial charge is 0.0646 e. The third-order valence-corrected chi connectivity index (χ3v) is 3.66. The Balaban J connectivity index is 2.02. The lowest BCUT2D eigenvalue weighted by atomic mass is 9.92. The normalized spacial score (nSPS) is 14.6. The lowest BCUT2D eigenvalue weighted by molar-refractivity contribution is 0.149. The van der Waals surface area contributed by atoms with Crippen molar-refractivity contribution in [2.45, 2.75) is 25.4 Å². The molecule has 0 saturated heterocycles. The fraction of sp³-hybridized carbons (Fsp3) is 0.286. The van der Waals surface area contributed by atoms with Crippen LogP contribution in [0.1, 0.15) is 24.0 Å². The van der Waals surface area contributed by atoms with Gasteiger partial charge in [0.2, 0.25) is 0 Å². The summed E-state index contributed by atoms with van der Waals surface area (Å²) in [4.78, 5) is 0. The van der Waals surface area contributed by atoms with Gasteiger partial charge in [0.1, 0.15) is 0 Å². The predicted molar refractivity (Wildman–Crippen MR) is 68.9 cm³/mol. The lowest BCUT2D eigenvalue weighted by Gasteiger charge is -2.18. The van der Waals surface area contributed by atoms with Crippen molar-refractivity contribution >= 4 is 11.3 Å². The molecular weight excluding hydrogens is 216 g/mol. The fourth-order valence-corrected chi connectivity index (χ4v) is 2.49. The number of benzene rings is 1. The highest BCUT2D eigenvalue weighted by Crippen LogP contribution is 2.22. The largest absolute Gasteiger partial charge is 0.392 e. The molecular formula is C14H16OS. The van der Waals surface area contributed by atoms with Gasteiger partial charge in [0.25, 0.3) is 0 Å². The number of hydrogen-bond acceptors (Lipinski definition) is 2. The third-order valence-electron chi connectivity index (χ3n) is 2.93. The molecule has 0 saturated carbocycles. The monoisotopic (exact) mass is 232 g/mol. The summed E-state index contributed by atoms with van der Waals surface area (Å²) >= 11 is 1.68. The quantitative estimate of drug-likeness (QED) is 0.856. The molecule has 2 rings (SSSR count). The number of hydrogen-bond donors (Lipinski definition) is 1. The number of aliphatic hydroxyl groups is 1. The maximum atomic E-state index is 10.1. The maximum absolute atomic E-state index is 10.1. The van der Waals surface area contributed by atoms with Crippen LogP contribution in [0, 0.1) is 0 Å². The van der Waals surface area contributed by atoms with E-state index in [-0.39, 0.29) is 12.0 Å². The van der Waals surface area contributed by atoms with Crippen LogP contribution in [0.4, 0.5) is 0 Å². The second-order valence-corrected chi connectivity index (χ2v) is 4.88. The standard InChI is InChI=1S/C14H16OS/c1-11(13-5-3-2-4-6-13)14(15)9-12-7-8-16-10-12/h2-8,10-11,14-15H,9H2,1H3. The van der Waals surface area contributed by atoms with E-state index in [2.05, 4.69) is 35.9 Å². The molecule has 1 aromatic heterocycles. The molecule has 2 heteroatoms. The van der Waals surface area contributed by atoms with E-state index < -0.39 is 0 Å². The van der Waals surface area contributed by atoms with Crippen molar-refractivity contribution in [1.29, 1.82) is 0 Å². The number of rotatable bonds is 4. The van der Waals surface area contributed by atoms with Crippen molar-refractivity contribution in [2.24, 2.45) is 0 Å². The molecule has 16 heavy (non-hydrogen) atoms. The Morgan fingerprint density at radius 3 is 2.56 bits per heavy atom. The minimum atomic E-state index is -0.308. The van der Waals surface area contributed by atoms with Gasteiger partial charge in [-0.25, -0.2) is 0 Å². The SMILES string of the molecule is CC(c1ccccc1)C(O)Cc1ccsc1. The first kappa shape index (κ1) is 11.4. The highest BCUT2D eigenvalue weighted by Gasteiger charge is 2.16. The van der Waals surface area contributed by atoms with Crippen LogP contribution in [0.25, 0.3) is 0 Å². The van der Waals surface area contributed by atoms with Gasteiger partial charge in [-0.1, -0.05) is 37.3 Å². The molecule has 1 aromatic carbocycles. The minimum absolute atomic E-state index is 0.182. The van der Waals surface area contributed by atoms with Crippen LogP contribution in [-0.2, 0) is 6.42 Å². The fourth-order valence-electron chi connectivity index (χ4n) is 1.81. The van der Waals surface area contributed by atoms with Crippen molar-refractivity contribution in [3.05, 3.63) is 58.3 Å². The molecule has 84 valence electrons. The Labute approximate surface area is 100 Å².